The molecule has 0 aliphatic heterocycles. The largest absolute Gasteiger partial charge is 0.469 e. The van der Waals surface area contributed by atoms with Crippen molar-refractivity contribution in [3.8, 4) is 0 Å². The van der Waals surface area contributed by atoms with Crippen LogP contribution in [0.2, 0.25) is 0 Å². The van der Waals surface area contributed by atoms with Gasteiger partial charge in [-0.3, -0.25) is 9.59 Å². The summed E-state index contributed by atoms with van der Waals surface area (Å²) in [6.45, 7) is 1.38. The number of nitrogens with one attached hydrogen (secondary N) is 1. The second-order valence-electron chi connectivity index (χ2n) is 3.96. The molecule has 0 bridgehead atoms. The summed E-state index contributed by atoms with van der Waals surface area (Å²) in [6, 6.07) is -0.913. The molecule has 0 saturated carbocycles. The van der Waals surface area contributed by atoms with Crippen LogP contribution in [0.4, 0.5) is 0 Å². The Balaban J connectivity index is 4.34. The quantitative estimate of drug-likeness (QED) is 0.623. The highest BCUT2D eigenvalue weighted by molar-refractivity contribution is 5.87. The highest BCUT2D eigenvalue weighted by Gasteiger charge is 2.22. The normalized spacial score (nSPS) is 11.3. The molecule has 0 radical (unpaired) electrons. The number of methoxy groups -OCH3 is 2. The Bertz CT molecular complexity index is 352. The monoisotopic (exact) mass is 273 g/mol. The van der Waals surface area contributed by atoms with E-state index in [1.165, 1.54) is 21.1 Å². The van der Waals surface area contributed by atoms with Crippen LogP contribution in [0.15, 0.2) is 0 Å². The zero-order valence-corrected chi connectivity index (χ0v) is 11.4. The van der Waals surface area contributed by atoms with Crippen molar-refractivity contribution in [1.29, 1.82) is 0 Å². The lowest BCUT2D eigenvalue weighted by Crippen LogP contribution is -2.41. The van der Waals surface area contributed by atoms with E-state index >= 15 is 0 Å². The van der Waals surface area contributed by atoms with E-state index in [0.717, 1.165) is 0 Å². The van der Waals surface area contributed by atoms with E-state index in [9.17, 15) is 19.2 Å². The first-order chi connectivity index (χ1) is 8.90. The van der Waals surface area contributed by atoms with Crippen LogP contribution in [0.5, 0.6) is 0 Å². The van der Waals surface area contributed by atoms with Gasteiger partial charge in [-0.05, 0) is 13.3 Å². The molecular formula is C12H19NO6. The van der Waals surface area contributed by atoms with Crippen LogP contribution in [-0.4, -0.2) is 43.9 Å². The third-order valence-corrected chi connectivity index (χ3v) is 2.39. The highest BCUT2D eigenvalue weighted by Crippen LogP contribution is 2.02. The molecule has 108 valence electrons. The Labute approximate surface area is 111 Å². The van der Waals surface area contributed by atoms with Gasteiger partial charge in [-0.15, -0.1) is 0 Å². The fourth-order valence-corrected chi connectivity index (χ4v) is 1.31. The number of rotatable bonds is 8. The molecule has 0 rings (SSSR count). The minimum atomic E-state index is -0.913. The Morgan fingerprint density at radius 2 is 1.63 bits per heavy atom. The lowest BCUT2D eigenvalue weighted by atomic mass is 10.1. The van der Waals surface area contributed by atoms with Gasteiger partial charge in [0.15, 0.2) is 0 Å². The number of ether oxygens (including phenoxy) is 2. The molecule has 0 aromatic rings. The van der Waals surface area contributed by atoms with Gasteiger partial charge in [-0.2, -0.15) is 0 Å². The average Bonchev–Trinajstić information content (AvgIpc) is 2.39. The van der Waals surface area contributed by atoms with Gasteiger partial charge in [-0.1, -0.05) is 0 Å². The topological polar surface area (TPSA) is 98.8 Å². The molecule has 0 aliphatic rings. The number of esters is 2. The van der Waals surface area contributed by atoms with Crippen LogP contribution in [0, 0.1) is 0 Å². The number of carbonyl (C=O) groups is 4. The molecule has 1 unspecified atom stereocenters. The summed E-state index contributed by atoms with van der Waals surface area (Å²) in [5.41, 5.74) is 0. The van der Waals surface area contributed by atoms with Crippen LogP contribution >= 0.6 is 0 Å². The van der Waals surface area contributed by atoms with Crippen molar-refractivity contribution in [3.05, 3.63) is 0 Å². The summed E-state index contributed by atoms with van der Waals surface area (Å²) in [6.07, 6.45) is 0.187. The maximum atomic E-state index is 11.5. The molecule has 0 spiro atoms. The minimum absolute atomic E-state index is 0.00104. The van der Waals surface area contributed by atoms with Crippen LogP contribution in [0.25, 0.3) is 0 Å². The van der Waals surface area contributed by atoms with Crippen molar-refractivity contribution in [2.45, 2.75) is 38.6 Å². The van der Waals surface area contributed by atoms with Gasteiger partial charge >= 0.3 is 11.9 Å². The summed E-state index contributed by atoms with van der Waals surface area (Å²) in [5.74, 6) is -1.67. The smallest absolute Gasteiger partial charge is 0.328 e. The Kier molecular flexibility index (Phi) is 8.15. The van der Waals surface area contributed by atoms with Crippen LogP contribution in [-0.2, 0) is 28.7 Å². The number of amides is 1. The SMILES string of the molecule is COC(=O)CCC(NC(=O)CCC(C)=O)C(=O)OC. The maximum absolute atomic E-state index is 11.5. The summed E-state index contributed by atoms with van der Waals surface area (Å²) in [7, 11) is 2.43. The Hall–Kier alpha value is -1.92. The predicted molar refractivity (Wildman–Crippen MR) is 65.1 cm³/mol. The van der Waals surface area contributed by atoms with E-state index in [-0.39, 0.29) is 31.5 Å². The number of hydrogen-bond acceptors (Lipinski definition) is 6. The summed E-state index contributed by atoms with van der Waals surface area (Å²) < 4.78 is 8.98. The molecule has 0 aromatic carbocycles. The van der Waals surface area contributed by atoms with Crippen LogP contribution in [0.3, 0.4) is 0 Å². The van der Waals surface area contributed by atoms with Gasteiger partial charge in [-0.25, -0.2) is 4.79 Å². The van der Waals surface area contributed by atoms with Gasteiger partial charge in [0, 0.05) is 19.3 Å². The van der Waals surface area contributed by atoms with Crippen LogP contribution < -0.4 is 5.32 Å². The zero-order chi connectivity index (χ0) is 14.8. The zero-order valence-electron chi connectivity index (χ0n) is 11.4. The van der Waals surface area contributed by atoms with Gasteiger partial charge in [0.25, 0.3) is 0 Å². The van der Waals surface area contributed by atoms with Crippen molar-refractivity contribution in [2.24, 2.45) is 0 Å². The highest BCUT2D eigenvalue weighted by atomic mass is 16.5. The van der Waals surface area contributed by atoms with Crippen molar-refractivity contribution in [3.63, 3.8) is 0 Å². The van der Waals surface area contributed by atoms with E-state index < -0.39 is 23.9 Å². The summed E-state index contributed by atoms with van der Waals surface area (Å²) in [5, 5.41) is 2.43. The number of Topliss-reactive ketones (excluding diaryl/α,β-unsaturated/α-hetero) is 1. The van der Waals surface area contributed by atoms with Crippen molar-refractivity contribution < 1.29 is 28.7 Å². The van der Waals surface area contributed by atoms with Gasteiger partial charge in [0.1, 0.15) is 11.8 Å². The Morgan fingerprint density at radius 1 is 1.00 bits per heavy atom. The van der Waals surface area contributed by atoms with E-state index in [1.54, 1.807) is 0 Å². The lowest BCUT2D eigenvalue weighted by Gasteiger charge is -2.15. The molecular weight excluding hydrogens is 254 g/mol. The van der Waals surface area contributed by atoms with E-state index in [2.05, 4.69) is 14.8 Å². The first-order valence-corrected chi connectivity index (χ1v) is 5.84. The lowest BCUT2D eigenvalue weighted by molar-refractivity contribution is -0.146. The molecule has 0 aliphatic carbocycles. The fourth-order valence-electron chi connectivity index (χ4n) is 1.31. The van der Waals surface area contributed by atoms with Gasteiger partial charge < -0.3 is 19.6 Å². The molecule has 19 heavy (non-hydrogen) atoms. The number of ketones is 1. The molecule has 0 heterocycles. The standard InChI is InChI=1S/C12H19NO6/c1-8(14)4-6-10(15)13-9(12(17)19-3)5-7-11(16)18-2/h9H,4-7H2,1-3H3,(H,13,15). The third kappa shape index (κ3) is 7.91. The number of carbonyl (C=O) groups excluding carboxylic acids is 4. The van der Waals surface area contributed by atoms with E-state index in [1.807, 2.05) is 0 Å². The van der Waals surface area contributed by atoms with Gasteiger partial charge in [0.2, 0.25) is 5.91 Å². The Morgan fingerprint density at radius 3 is 2.11 bits per heavy atom. The summed E-state index contributed by atoms with van der Waals surface area (Å²) >= 11 is 0. The fraction of sp³-hybridized carbons (Fsp3) is 0.667. The van der Waals surface area contributed by atoms with Crippen molar-refractivity contribution >= 4 is 23.6 Å². The molecule has 1 amide bonds. The first-order valence-electron chi connectivity index (χ1n) is 5.84. The molecule has 1 atom stereocenters. The summed E-state index contributed by atoms with van der Waals surface area (Å²) in [4.78, 5) is 44.7. The third-order valence-electron chi connectivity index (χ3n) is 2.39. The first kappa shape index (κ1) is 17.1. The van der Waals surface area contributed by atoms with Crippen molar-refractivity contribution in [1.82, 2.24) is 5.32 Å². The predicted octanol–water partition coefficient (Wildman–Crippen LogP) is -0.0334. The average molecular weight is 273 g/mol. The second kappa shape index (κ2) is 9.07. The second-order valence-corrected chi connectivity index (χ2v) is 3.96. The molecule has 7 heteroatoms. The van der Waals surface area contributed by atoms with E-state index in [0.29, 0.717) is 0 Å². The van der Waals surface area contributed by atoms with Gasteiger partial charge in [0.05, 0.1) is 14.2 Å². The molecule has 7 nitrogen and oxygen atoms in total. The number of hydrogen-bond donors (Lipinski definition) is 1. The van der Waals surface area contributed by atoms with Crippen LogP contribution in [0.1, 0.15) is 32.6 Å². The molecule has 0 fully saturated rings. The molecule has 1 N–H and O–H groups in total. The molecule has 0 saturated heterocycles. The maximum Gasteiger partial charge on any atom is 0.328 e. The minimum Gasteiger partial charge on any atom is -0.469 e. The van der Waals surface area contributed by atoms with E-state index in [4.69, 9.17) is 0 Å². The van der Waals surface area contributed by atoms with Crippen molar-refractivity contribution in [2.75, 3.05) is 14.2 Å². The molecule has 0 aromatic heterocycles.